The van der Waals surface area contributed by atoms with Gasteiger partial charge in [0, 0.05) is 6.07 Å². The number of rotatable bonds is 4. The number of hydrogen-bond acceptors (Lipinski definition) is 4. The molecule has 0 saturated heterocycles. The van der Waals surface area contributed by atoms with Crippen molar-refractivity contribution in [2.45, 2.75) is 13.8 Å². The van der Waals surface area contributed by atoms with Crippen molar-refractivity contribution < 1.29 is 13.9 Å². The molecule has 0 aliphatic carbocycles. The predicted octanol–water partition coefficient (Wildman–Crippen LogP) is 3.74. The smallest absolute Gasteiger partial charge is 0.200 e. The number of ketones is 1. The summed E-state index contributed by atoms with van der Waals surface area (Å²) in [7, 11) is 0. The van der Waals surface area contributed by atoms with Crippen molar-refractivity contribution in [1.29, 1.82) is 0 Å². The van der Waals surface area contributed by atoms with Gasteiger partial charge in [-0.05, 0) is 31.5 Å². The molecule has 0 saturated carbocycles. The van der Waals surface area contributed by atoms with Crippen LogP contribution in [-0.4, -0.2) is 12.4 Å². The molecule has 116 valence electrons. The second kappa shape index (κ2) is 6.08. The van der Waals surface area contributed by atoms with Gasteiger partial charge in [0.15, 0.2) is 5.78 Å². The first-order valence-corrected chi connectivity index (χ1v) is 7.31. The molecule has 4 heteroatoms. The quantitative estimate of drug-likeness (QED) is 0.737. The average molecular weight is 308 g/mol. The third-order valence-electron chi connectivity index (χ3n) is 3.54. The van der Waals surface area contributed by atoms with Gasteiger partial charge in [-0.1, -0.05) is 30.3 Å². The van der Waals surface area contributed by atoms with E-state index in [9.17, 15) is 9.59 Å². The first kappa shape index (κ1) is 15.0. The summed E-state index contributed by atoms with van der Waals surface area (Å²) in [6.45, 7) is 3.22. The van der Waals surface area contributed by atoms with Gasteiger partial charge in [0.1, 0.15) is 23.7 Å². The fourth-order valence-corrected chi connectivity index (χ4v) is 2.50. The van der Waals surface area contributed by atoms with Gasteiger partial charge in [0.05, 0.1) is 10.9 Å². The molecule has 0 radical (unpaired) electrons. The van der Waals surface area contributed by atoms with E-state index in [2.05, 4.69) is 0 Å². The molecular weight excluding hydrogens is 292 g/mol. The lowest BCUT2D eigenvalue weighted by molar-refractivity contribution is -0.118. The van der Waals surface area contributed by atoms with E-state index in [0.29, 0.717) is 28.0 Å². The van der Waals surface area contributed by atoms with E-state index in [4.69, 9.17) is 9.15 Å². The molecule has 0 bridgehead atoms. The second-order valence-electron chi connectivity index (χ2n) is 5.38. The van der Waals surface area contributed by atoms with Gasteiger partial charge in [-0.15, -0.1) is 0 Å². The lowest BCUT2D eigenvalue weighted by Crippen LogP contribution is -2.09. The Morgan fingerprint density at radius 2 is 1.87 bits per heavy atom. The monoisotopic (exact) mass is 308 g/mol. The Morgan fingerprint density at radius 3 is 2.57 bits per heavy atom. The molecule has 0 atom stereocenters. The van der Waals surface area contributed by atoms with Crippen molar-refractivity contribution in [1.82, 2.24) is 0 Å². The van der Waals surface area contributed by atoms with E-state index < -0.39 is 0 Å². The molecular formula is C19H16O4. The van der Waals surface area contributed by atoms with Crippen molar-refractivity contribution in [3.8, 4) is 16.9 Å². The minimum Gasteiger partial charge on any atom is -0.486 e. The number of benzene rings is 2. The van der Waals surface area contributed by atoms with Crippen LogP contribution in [0.25, 0.3) is 22.1 Å². The molecule has 4 nitrogen and oxygen atoms in total. The van der Waals surface area contributed by atoms with Gasteiger partial charge in [-0.3, -0.25) is 9.59 Å². The highest BCUT2D eigenvalue weighted by atomic mass is 16.5. The third kappa shape index (κ3) is 3.01. The molecule has 1 aromatic heterocycles. The number of carbonyl (C=O) groups excluding carboxylic acids is 1. The Labute approximate surface area is 133 Å². The predicted molar refractivity (Wildman–Crippen MR) is 88.8 cm³/mol. The van der Waals surface area contributed by atoms with Crippen LogP contribution in [0.1, 0.15) is 12.7 Å². The Bertz CT molecular complexity index is 923. The zero-order chi connectivity index (χ0) is 16.4. The van der Waals surface area contributed by atoms with Gasteiger partial charge in [0.2, 0.25) is 5.43 Å². The van der Waals surface area contributed by atoms with E-state index >= 15 is 0 Å². The first-order valence-electron chi connectivity index (χ1n) is 7.31. The number of hydrogen-bond donors (Lipinski definition) is 0. The SMILES string of the molecule is CC(=O)COc1ccc2c(=O)c(-c3ccccc3)c(C)oc2c1. The summed E-state index contributed by atoms with van der Waals surface area (Å²) in [4.78, 5) is 23.8. The minimum absolute atomic E-state index is 0.00315. The van der Waals surface area contributed by atoms with Crippen LogP contribution >= 0.6 is 0 Å². The molecule has 0 unspecified atom stereocenters. The van der Waals surface area contributed by atoms with Crippen molar-refractivity contribution in [3.05, 3.63) is 64.5 Å². The van der Waals surface area contributed by atoms with E-state index in [0.717, 1.165) is 5.56 Å². The van der Waals surface area contributed by atoms with Crippen LogP contribution in [0.3, 0.4) is 0 Å². The summed E-state index contributed by atoms with van der Waals surface area (Å²) >= 11 is 0. The van der Waals surface area contributed by atoms with E-state index in [1.807, 2.05) is 30.3 Å². The maximum atomic E-state index is 12.8. The highest BCUT2D eigenvalue weighted by molar-refractivity contribution is 5.84. The second-order valence-corrected chi connectivity index (χ2v) is 5.38. The zero-order valence-corrected chi connectivity index (χ0v) is 13.0. The van der Waals surface area contributed by atoms with Gasteiger partial charge in [-0.2, -0.15) is 0 Å². The molecule has 0 aliphatic heterocycles. The summed E-state index contributed by atoms with van der Waals surface area (Å²) in [6, 6.07) is 14.4. The molecule has 1 heterocycles. The van der Waals surface area contributed by atoms with Crippen LogP contribution in [0.2, 0.25) is 0 Å². The number of fused-ring (bicyclic) bond motifs is 1. The van der Waals surface area contributed by atoms with E-state index in [1.54, 1.807) is 25.1 Å². The molecule has 23 heavy (non-hydrogen) atoms. The molecule has 0 spiro atoms. The molecule has 3 rings (SSSR count). The number of aryl methyl sites for hydroxylation is 1. The van der Waals surface area contributed by atoms with Crippen molar-refractivity contribution in [2.24, 2.45) is 0 Å². The van der Waals surface area contributed by atoms with Crippen LogP contribution in [-0.2, 0) is 4.79 Å². The number of Topliss-reactive ketones (excluding diaryl/α,β-unsaturated/α-hetero) is 1. The highest BCUT2D eigenvalue weighted by Gasteiger charge is 2.13. The summed E-state index contributed by atoms with van der Waals surface area (Å²) < 4.78 is 11.2. The lowest BCUT2D eigenvalue weighted by atomic mass is 10.0. The number of ether oxygens (including phenoxy) is 1. The van der Waals surface area contributed by atoms with Crippen LogP contribution < -0.4 is 10.2 Å². The molecule has 3 aromatic rings. The van der Waals surface area contributed by atoms with Gasteiger partial charge in [0.25, 0.3) is 0 Å². The number of carbonyl (C=O) groups is 1. The zero-order valence-electron chi connectivity index (χ0n) is 13.0. The summed E-state index contributed by atoms with van der Waals surface area (Å²) in [5.41, 5.74) is 1.77. The average Bonchev–Trinajstić information content (AvgIpc) is 2.53. The molecule has 0 fully saturated rings. The van der Waals surface area contributed by atoms with Gasteiger partial charge < -0.3 is 9.15 Å². The molecule has 0 N–H and O–H groups in total. The van der Waals surface area contributed by atoms with E-state index in [-0.39, 0.29) is 17.8 Å². The maximum absolute atomic E-state index is 12.8. The van der Waals surface area contributed by atoms with Crippen molar-refractivity contribution in [3.63, 3.8) is 0 Å². The van der Waals surface area contributed by atoms with Gasteiger partial charge >= 0.3 is 0 Å². The molecule has 0 aliphatic rings. The van der Waals surface area contributed by atoms with Gasteiger partial charge in [-0.25, -0.2) is 0 Å². The standard InChI is InChI=1S/C19H16O4/c1-12(20)11-22-15-8-9-16-17(10-15)23-13(2)18(19(16)21)14-6-4-3-5-7-14/h3-10H,11H2,1-2H3. The fraction of sp³-hybridized carbons (Fsp3) is 0.158. The molecule has 0 amide bonds. The van der Waals surface area contributed by atoms with Crippen LogP contribution in [0.4, 0.5) is 0 Å². The Kier molecular flexibility index (Phi) is 3.98. The van der Waals surface area contributed by atoms with Crippen molar-refractivity contribution >= 4 is 16.8 Å². The Morgan fingerprint density at radius 1 is 1.13 bits per heavy atom. The maximum Gasteiger partial charge on any atom is 0.200 e. The Balaban J connectivity index is 2.12. The lowest BCUT2D eigenvalue weighted by Gasteiger charge is -2.09. The normalized spacial score (nSPS) is 10.7. The third-order valence-corrected chi connectivity index (χ3v) is 3.54. The largest absolute Gasteiger partial charge is 0.486 e. The Hall–Kier alpha value is -2.88. The summed E-state index contributed by atoms with van der Waals surface area (Å²) in [5, 5.41) is 0.490. The van der Waals surface area contributed by atoms with Crippen molar-refractivity contribution in [2.75, 3.05) is 6.61 Å². The highest BCUT2D eigenvalue weighted by Crippen LogP contribution is 2.26. The topological polar surface area (TPSA) is 56.5 Å². The first-order chi connectivity index (χ1) is 11.1. The fourth-order valence-electron chi connectivity index (χ4n) is 2.50. The van der Waals surface area contributed by atoms with Crippen LogP contribution in [0.15, 0.2) is 57.7 Å². The molecule has 2 aromatic carbocycles. The van der Waals surface area contributed by atoms with Crippen LogP contribution in [0, 0.1) is 6.92 Å². The van der Waals surface area contributed by atoms with Crippen LogP contribution in [0.5, 0.6) is 5.75 Å². The minimum atomic E-state index is -0.0759. The van der Waals surface area contributed by atoms with E-state index in [1.165, 1.54) is 6.92 Å². The summed E-state index contributed by atoms with van der Waals surface area (Å²) in [6.07, 6.45) is 0. The summed E-state index contributed by atoms with van der Waals surface area (Å²) in [5.74, 6) is 0.988.